The number of nitrogen functional groups attached to an aromatic ring is 1. The Morgan fingerprint density at radius 2 is 2.29 bits per heavy atom. The predicted octanol–water partition coefficient (Wildman–Crippen LogP) is 2.35. The van der Waals surface area contributed by atoms with Crippen LogP contribution in [0.4, 0.5) is 14.5 Å². The van der Waals surface area contributed by atoms with Crippen molar-refractivity contribution in [1.29, 1.82) is 0 Å². The van der Waals surface area contributed by atoms with Crippen molar-refractivity contribution in [2.24, 2.45) is 0 Å². The smallest absolute Gasteiger partial charge is 0.269 e. The van der Waals surface area contributed by atoms with Crippen LogP contribution in [-0.4, -0.2) is 12.1 Å². The summed E-state index contributed by atoms with van der Waals surface area (Å²) >= 11 is 5.51. The largest absolute Gasteiger partial charge is 0.481 e. The van der Waals surface area contributed by atoms with Crippen molar-refractivity contribution in [3.05, 3.63) is 17.3 Å². The number of ether oxygens (including phenoxy) is 1. The lowest BCUT2D eigenvalue weighted by molar-refractivity contribution is 0.145. The standard InChI is InChI=1S/C8H9ClF2N2O/c1-14-8-6(7(10)11)4(2-9)5(12)3-13-8/h3,7H,2,12H2,1H3. The van der Waals surface area contributed by atoms with E-state index in [0.29, 0.717) is 0 Å². The van der Waals surface area contributed by atoms with Crippen LogP contribution < -0.4 is 10.5 Å². The van der Waals surface area contributed by atoms with Crippen LogP contribution in [-0.2, 0) is 5.88 Å². The summed E-state index contributed by atoms with van der Waals surface area (Å²) in [4.78, 5) is 3.64. The summed E-state index contributed by atoms with van der Waals surface area (Å²) in [7, 11) is 1.27. The quantitative estimate of drug-likeness (QED) is 0.799. The summed E-state index contributed by atoms with van der Waals surface area (Å²) in [6, 6.07) is 0. The molecule has 0 aliphatic rings. The van der Waals surface area contributed by atoms with Gasteiger partial charge in [-0.05, 0) is 0 Å². The van der Waals surface area contributed by atoms with Crippen LogP contribution in [0.25, 0.3) is 0 Å². The lowest BCUT2D eigenvalue weighted by Gasteiger charge is -2.12. The maximum Gasteiger partial charge on any atom is 0.269 e. The molecule has 78 valence electrons. The third-order valence-corrected chi connectivity index (χ3v) is 2.04. The van der Waals surface area contributed by atoms with Gasteiger partial charge in [0.2, 0.25) is 5.88 Å². The van der Waals surface area contributed by atoms with Crippen LogP contribution in [0.5, 0.6) is 5.88 Å². The molecule has 0 atom stereocenters. The van der Waals surface area contributed by atoms with Crippen molar-refractivity contribution < 1.29 is 13.5 Å². The Morgan fingerprint density at radius 1 is 1.64 bits per heavy atom. The zero-order valence-electron chi connectivity index (χ0n) is 7.43. The molecule has 1 rings (SSSR count). The van der Waals surface area contributed by atoms with Gasteiger partial charge in [-0.25, -0.2) is 13.8 Å². The Kier molecular flexibility index (Phi) is 3.46. The van der Waals surface area contributed by atoms with Gasteiger partial charge in [0.15, 0.2) is 0 Å². The highest BCUT2D eigenvalue weighted by atomic mass is 35.5. The van der Waals surface area contributed by atoms with Crippen molar-refractivity contribution >= 4 is 17.3 Å². The molecule has 0 unspecified atom stereocenters. The topological polar surface area (TPSA) is 48.1 Å². The lowest BCUT2D eigenvalue weighted by Crippen LogP contribution is -2.04. The average Bonchev–Trinajstić information content (AvgIpc) is 2.17. The van der Waals surface area contributed by atoms with Gasteiger partial charge >= 0.3 is 0 Å². The normalized spacial score (nSPS) is 10.6. The molecule has 0 aromatic carbocycles. The van der Waals surface area contributed by atoms with Crippen LogP contribution in [0.3, 0.4) is 0 Å². The molecule has 1 aromatic heterocycles. The number of methoxy groups -OCH3 is 1. The van der Waals surface area contributed by atoms with E-state index < -0.39 is 6.43 Å². The van der Waals surface area contributed by atoms with Gasteiger partial charge in [0, 0.05) is 5.56 Å². The Bertz CT molecular complexity index is 333. The monoisotopic (exact) mass is 222 g/mol. The minimum Gasteiger partial charge on any atom is -0.481 e. The van der Waals surface area contributed by atoms with Gasteiger partial charge < -0.3 is 10.5 Å². The number of aromatic nitrogens is 1. The number of halogens is 3. The molecule has 0 aliphatic carbocycles. The molecule has 2 N–H and O–H groups in total. The van der Waals surface area contributed by atoms with E-state index in [4.69, 9.17) is 22.1 Å². The van der Waals surface area contributed by atoms with Crippen LogP contribution in [0, 0.1) is 0 Å². The summed E-state index contributed by atoms with van der Waals surface area (Å²) in [5.41, 5.74) is 5.45. The SMILES string of the molecule is COc1ncc(N)c(CCl)c1C(F)F. The molecule has 6 heteroatoms. The molecule has 0 saturated heterocycles. The van der Waals surface area contributed by atoms with Crippen molar-refractivity contribution in [1.82, 2.24) is 4.98 Å². The summed E-state index contributed by atoms with van der Waals surface area (Å²) in [6.07, 6.45) is -1.45. The second-order valence-electron chi connectivity index (χ2n) is 2.55. The van der Waals surface area contributed by atoms with Gasteiger partial charge in [0.25, 0.3) is 6.43 Å². The molecule has 0 aliphatic heterocycles. The molecule has 3 nitrogen and oxygen atoms in total. The van der Waals surface area contributed by atoms with E-state index in [1.165, 1.54) is 13.3 Å². The number of alkyl halides is 3. The lowest BCUT2D eigenvalue weighted by atomic mass is 10.1. The maximum atomic E-state index is 12.6. The molecular formula is C8H9ClF2N2O. The highest BCUT2D eigenvalue weighted by Crippen LogP contribution is 2.34. The highest BCUT2D eigenvalue weighted by molar-refractivity contribution is 6.17. The average molecular weight is 223 g/mol. The van der Waals surface area contributed by atoms with Gasteiger partial charge in [-0.15, -0.1) is 11.6 Å². The molecule has 0 amide bonds. The van der Waals surface area contributed by atoms with Gasteiger partial charge in [-0.2, -0.15) is 0 Å². The molecule has 0 fully saturated rings. The van der Waals surface area contributed by atoms with Crippen LogP contribution in [0.1, 0.15) is 17.6 Å². The van der Waals surface area contributed by atoms with E-state index in [2.05, 4.69) is 4.98 Å². The highest BCUT2D eigenvalue weighted by Gasteiger charge is 2.21. The Hall–Kier alpha value is -1.10. The second kappa shape index (κ2) is 4.41. The summed E-state index contributed by atoms with van der Waals surface area (Å²) in [5.74, 6) is -0.227. The number of pyridine rings is 1. The number of nitrogens with two attached hydrogens (primary N) is 1. The molecule has 0 bridgehead atoms. The van der Waals surface area contributed by atoms with E-state index in [1.54, 1.807) is 0 Å². The van der Waals surface area contributed by atoms with Crippen molar-refractivity contribution in [3.63, 3.8) is 0 Å². The van der Waals surface area contributed by atoms with E-state index in [0.717, 1.165) is 0 Å². The van der Waals surface area contributed by atoms with E-state index in [9.17, 15) is 8.78 Å². The first-order valence-electron chi connectivity index (χ1n) is 3.77. The van der Waals surface area contributed by atoms with Gasteiger partial charge in [-0.1, -0.05) is 0 Å². The number of anilines is 1. The first-order chi connectivity index (χ1) is 6.61. The molecule has 1 heterocycles. The fourth-order valence-corrected chi connectivity index (χ4v) is 1.40. The molecule has 0 spiro atoms. The van der Waals surface area contributed by atoms with Gasteiger partial charge in [0.1, 0.15) is 0 Å². The predicted molar refractivity (Wildman–Crippen MR) is 49.7 cm³/mol. The first kappa shape index (κ1) is 11.0. The fraction of sp³-hybridized carbons (Fsp3) is 0.375. The Balaban J connectivity index is 3.36. The van der Waals surface area contributed by atoms with Crippen LogP contribution in [0.15, 0.2) is 6.20 Å². The third kappa shape index (κ3) is 1.87. The van der Waals surface area contributed by atoms with Crippen LogP contribution >= 0.6 is 11.6 Å². The number of rotatable bonds is 3. The van der Waals surface area contributed by atoms with Crippen molar-refractivity contribution in [2.75, 3.05) is 12.8 Å². The first-order valence-corrected chi connectivity index (χ1v) is 4.30. The van der Waals surface area contributed by atoms with Gasteiger partial charge in [0.05, 0.1) is 30.4 Å². The molecular weight excluding hydrogens is 214 g/mol. The molecule has 0 saturated carbocycles. The number of nitrogens with zero attached hydrogens (tertiary/aromatic N) is 1. The Morgan fingerprint density at radius 3 is 2.71 bits per heavy atom. The molecule has 1 aromatic rings. The maximum absolute atomic E-state index is 12.6. The zero-order valence-corrected chi connectivity index (χ0v) is 8.18. The van der Waals surface area contributed by atoms with E-state index >= 15 is 0 Å². The molecule has 14 heavy (non-hydrogen) atoms. The Labute approximate surface area is 84.8 Å². The van der Waals surface area contributed by atoms with E-state index in [-0.39, 0.29) is 28.6 Å². The summed E-state index contributed by atoms with van der Waals surface area (Å²) in [6.45, 7) is 0. The van der Waals surface area contributed by atoms with Crippen LogP contribution in [0.2, 0.25) is 0 Å². The number of hydrogen-bond acceptors (Lipinski definition) is 3. The zero-order chi connectivity index (χ0) is 10.7. The third-order valence-electron chi connectivity index (χ3n) is 1.77. The second-order valence-corrected chi connectivity index (χ2v) is 2.82. The molecule has 0 radical (unpaired) electrons. The minimum absolute atomic E-state index is 0.0929. The summed E-state index contributed by atoms with van der Waals surface area (Å²) in [5, 5.41) is 0. The van der Waals surface area contributed by atoms with Crippen molar-refractivity contribution in [2.45, 2.75) is 12.3 Å². The summed E-state index contributed by atoms with van der Waals surface area (Å²) < 4.78 is 29.9. The van der Waals surface area contributed by atoms with Gasteiger partial charge in [-0.3, -0.25) is 0 Å². The number of hydrogen-bond donors (Lipinski definition) is 1. The van der Waals surface area contributed by atoms with E-state index in [1.807, 2.05) is 0 Å². The fourth-order valence-electron chi connectivity index (χ4n) is 1.10. The minimum atomic E-state index is -2.70. The van der Waals surface area contributed by atoms with Crippen molar-refractivity contribution in [3.8, 4) is 5.88 Å².